The Morgan fingerprint density at radius 3 is 1.93 bits per heavy atom. The second kappa shape index (κ2) is 8.13. The molecule has 3 aromatic carbocycles. The maximum Gasteiger partial charge on any atom is 0.0845 e. The lowest BCUT2D eigenvalue weighted by molar-refractivity contribution is 0.0969. The van der Waals surface area contributed by atoms with Crippen molar-refractivity contribution in [3.8, 4) is 0 Å². The smallest absolute Gasteiger partial charge is 0.0845 e. The van der Waals surface area contributed by atoms with Crippen molar-refractivity contribution in [2.45, 2.75) is 19.6 Å². The van der Waals surface area contributed by atoms with Gasteiger partial charge in [0.25, 0.3) is 0 Å². The van der Waals surface area contributed by atoms with Gasteiger partial charge in [-0.05, 0) is 30.7 Å². The molecule has 1 N–H and O–H groups in total. The Kier molecular flexibility index (Phi) is 5.19. The van der Waals surface area contributed by atoms with Crippen LogP contribution in [0.15, 0.2) is 72.8 Å². The first kappa shape index (κ1) is 19.2. The Balaban J connectivity index is 1.27. The molecule has 4 aromatic rings. The third-order valence-electron chi connectivity index (χ3n) is 6.37. The molecule has 1 atom stereocenters. The van der Waals surface area contributed by atoms with Gasteiger partial charge in [0, 0.05) is 60.2 Å². The molecule has 4 nitrogen and oxygen atoms in total. The first-order valence-electron chi connectivity index (χ1n) is 10.9. The number of aryl methyl sites for hydroxylation is 1. The minimum absolute atomic E-state index is 0.394. The Bertz CT molecular complexity index is 1100. The quantitative estimate of drug-likeness (QED) is 0.543. The van der Waals surface area contributed by atoms with Gasteiger partial charge < -0.3 is 14.6 Å². The van der Waals surface area contributed by atoms with Crippen LogP contribution in [-0.4, -0.2) is 53.4 Å². The van der Waals surface area contributed by atoms with E-state index in [1.54, 1.807) is 0 Å². The predicted molar refractivity (Wildman–Crippen MR) is 125 cm³/mol. The van der Waals surface area contributed by atoms with Gasteiger partial charge in [0.2, 0.25) is 0 Å². The molecule has 1 aromatic heterocycles. The number of piperazine rings is 1. The molecular formula is C26H29N3O. The van der Waals surface area contributed by atoms with Gasteiger partial charge in [-0.15, -0.1) is 0 Å². The zero-order valence-corrected chi connectivity index (χ0v) is 17.5. The summed E-state index contributed by atoms with van der Waals surface area (Å²) in [5.41, 5.74) is 5.06. The molecule has 1 aliphatic heterocycles. The van der Waals surface area contributed by atoms with Gasteiger partial charge in [0.1, 0.15) is 0 Å². The van der Waals surface area contributed by atoms with E-state index in [1.807, 2.05) is 0 Å². The zero-order valence-electron chi connectivity index (χ0n) is 17.5. The minimum atomic E-state index is -0.394. The van der Waals surface area contributed by atoms with E-state index in [0.29, 0.717) is 13.1 Å². The first-order valence-corrected chi connectivity index (χ1v) is 10.9. The topological polar surface area (TPSA) is 31.6 Å². The average Bonchev–Trinajstić information content (AvgIpc) is 3.09. The molecule has 0 amide bonds. The van der Waals surface area contributed by atoms with Crippen LogP contribution in [0.3, 0.4) is 0 Å². The SMILES string of the molecule is Cc1ccccc1N1CCN(CC(O)Cn2c3ccccc3c3ccccc32)CC1. The van der Waals surface area contributed by atoms with Gasteiger partial charge in [-0.2, -0.15) is 0 Å². The highest BCUT2D eigenvalue weighted by atomic mass is 16.3. The van der Waals surface area contributed by atoms with Gasteiger partial charge in [0.15, 0.2) is 0 Å². The van der Waals surface area contributed by atoms with Gasteiger partial charge in [-0.1, -0.05) is 54.6 Å². The number of aliphatic hydroxyl groups is 1. The fourth-order valence-corrected chi connectivity index (χ4v) is 4.86. The van der Waals surface area contributed by atoms with Crippen molar-refractivity contribution in [2.24, 2.45) is 0 Å². The van der Waals surface area contributed by atoms with E-state index in [4.69, 9.17) is 0 Å². The summed E-state index contributed by atoms with van der Waals surface area (Å²) in [6, 6.07) is 25.6. The van der Waals surface area contributed by atoms with Gasteiger partial charge >= 0.3 is 0 Å². The third kappa shape index (κ3) is 3.57. The molecule has 154 valence electrons. The molecule has 1 fully saturated rings. The molecule has 1 aliphatic rings. The number of anilines is 1. The Morgan fingerprint density at radius 2 is 1.30 bits per heavy atom. The van der Waals surface area contributed by atoms with E-state index in [-0.39, 0.29) is 0 Å². The second-order valence-electron chi connectivity index (χ2n) is 8.37. The molecule has 30 heavy (non-hydrogen) atoms. The Morgan fingerprint density at radius 1 is 0.733 bits per heavy atom. The van der Waals surface area contributed by atoms with E-state index < -0.39 is 6.10 Å². The van der Waals surface area contributed by atoms with Crippen molar-refractivity contribution in [1.82, 2.24) is 9.47 Å². The van der Waals surface area contributed by atoms with Gasteiger partial charge in [-0.3, -0.25) is 4.90 Å². The van der Waals surface area contributed by atoms with Crippen molar-refractivity contribution in [3.05, 3.63) is 78.4 Å². The van der Waals surface area contributed by atoms with E-state index in [1.165, 1.54) is 33.1 Å². The summed E-state index contributed by atoms with van der Waals surface area (Å²) in [4.78, 5) is 4.86. The van der Waals surface area contributed by atoms with E-state index in [9.17, 15) is 5.11 Å². The minimum Gasteiger partial charge on any atom is -0.390 e. The molecule has 0 aliphatic carbocycles. The third-order valence-corrected chi connectivity index (χ3v) is 6.37. The van der Waals surface area contributed by atoms with Crippen LogP contribution < -0.4 is 4.90 Å². The number of para-hydroxylation sites is 3. The number of benzene rings is 3. The number of hydrogen-bond acceptors (Lipinski definition) is 3. The zero-order chi connectivity index (χ0) is 20.5. The maximum atomic E-state index is 10.9. The summed E-state index contributed by atoms with van der Waals surface area (Å²) in [6.07, 6.45) is -0.394. The number of hydrogen-bond donors (Lipinski definition) is 1. The maximum absolute atomic E-state index is 10.9. The van der Waals surface area contributed by atoms with Crippen molar-refractivity contribution in [2.75, 3.05) is 37.6 Å². The summed E-state index contributed by atoms with van der Waals surface area (Å²) < 4.78 is 2.28. The molecule has 0 bridgehead atoms. The Hall–Kier alpha value is -2.82. The monoisotopic (exact) mass is 399 g/mol. The largest absolute Gasteiger partial charge is 0.390 e. The van der Waals surface area contributed by atoms with Crippen molar-refractivity contribution < 1.29 is 5.11 Å². The normalized spacial score (nSPS) is 16.4. The van der Waals surface area contributed by atoms with Crippen LogP contribution >= 0.6 is 0 Å². The van der Waals surface area contributed by atoms with Crippen LogP contribution in [-0.2, 0) is 6.54 Å². The summed E-state index contributed by atoms with van der Waals surface area (Å²) in [5, 5.41) is 13.5. The molecule has 2 heterocycles. The molecular weight excluding hydrogens is 370 g/mol. The van der Waals surface area contributed by atoms with Crippen LogP contribution in [0.25, 0.3) is 21.8 Å². The second-order valence-corrected chi connectivity index (χ2v) is 8.37. The summed E-state index contributed by atoms with van der Waals surface area (Å²) in [5.74, 6) is 0. The van der Waals surface area contributed by atoms with E-state index in [2.05, 4.69) is 94.1 Å². The highest BCUT2D eigenvalue weighted by Crippen LogP contribution is 2.29. The highest BCUT2D eigenvalue weighted by molar-refractivity contribution is 6.07. The summed E-state index contributed by atoms with van der Waals surface area (Å²) in [6.45, 7) is 7.49. The van der Waals surface area contributed by atoms with Crippen molar-refractivity contribution in [3.63, 3.8) is 0 Å². The number of nitrogens with zero attached hydrogens (tertiary/aromatic N) is 3. The first-order chi connectivity index (χ1) is 14.7. The fourth-order valence-electron chi connectivity index (χ4n) is 4.86. The number of fused-ring (bicyclic) bond motifs is 3. The van der Waals surface area contributed by atoms with Gasteiger partial charge in [0.05, 0.1) is 12.6 Å². The molecule has 0 spiro atoms. The van der Waals surface area contributed by atoms with E-state index >= 15 is 0 Å². The van der Waals surface area contributed by atoms with Crippen LogP contribution in [0.5, 0.6) is 0 Å². The summed E-state index contributed by atoms with van der Waals surface area (Å²) in [7, 11) is 0. The lowest BCUT2D eigenvalue weighted by Gasteiger charge is -2.37. The molecule has 1 unspecified atom stereocenters. The number of β-amino-alcohol motifs (C(OH)–C–C–N with tert-alkyl or cyclic N) is 1. The van der Waals surface area contributed by atoms with E-state index in [0.717, 1.165) is 26.2 Å². The van der Waals surface area contributed by atoms with Crippen LogP contribution in [0.1, 0.15) is 5.56 Å². The van der Waals surface area contributed by atoms with Gasteiger partial charge in [-0.25, -0.2) is 0 Å². The molecule has 0 radical (unpaired) electrons. The fraction of sp³-hybridized carbons (Fsp3) is 0.308. The number of aliphatic hydroxyl groups excluding tert-OH is 1. The van der Waals surface area contributed by atoms with Crippen LogP contribution in [0, 0.1) is 6.92 Å². The standard InChI is InChI=1S/C26H29N3O/c1-20-8-2-5-11-24(20)28-16-14-27(15-17-28)18-21(30)19-29-25-12-6-3-9-22(25)23-10-4-7-13-26(23)29/h2-13,21,30H,14-19H2,1H3. The van der Waals surface area contributed by atoms with Crippen LogP contribution in [0.4, 0.5) is 5.69 Å². The summed E-state index contributed by atoms with van der Waals surface area (Å²) >= 11 is 0. The molecule has 5 rings (SSSR count). The lowest BCUT2D eigenvalue weighted by atomic mass is 10.1. The molecule has 1 saturated heterocycles. The lowest BCUT2D eigenvalue weighted by Crippen LogP contribution is -2.49. The number of aromatic nitrogens is 1. The predicted octanol–water partition coefficient (Wildman–Crippen LogP) is 4.29. The number of rotatable bonds is 5. The van der Waals surface area contributed by atoms with Crippen LogP contribution in [0.2, 0.25) is 0 Å². The highest BCUT2D eigenvalue weighted by Gasteiger charge is 2.21. The van der Waals surface area contributed by atoms with Crippen molar-refractivity contribution in [1.29, 1.82) is 0 Å². The average molecular weight is 400 g/mol. The molecule has 4 heteroatoms. The van der Waals surface area contributed by atoms with Crippen molar-refractivity contribution >= 4 is 27.5 Å². The Labute approximate surface area is 177 Å². The molecule has 0 saturated carbocycles.